The molecule has 162 valence electrons. The van der Waals surface area contributed by atoms with Crippen molar-refractivity contribution in [3.05, 3.63) is 12.7 Å². The van der Waals surface area contributed by atoms with Crippen LogP contribution < -0.4 is 0 Å². The number of hydrogen-bond acceptors (Lipinski definition) is 4. The standard InChI is InChI=1S/C25H38O4/c1-5-18-7-9-22-21-8-6-19-14-20(29-17(3)27)10-13-25(19,15-28-16(2)26)23(21)11-12-24(18,22)4/h5,18-23H,1,6-15H2,2-4H3/t18-,19-,20-,21-,22-,23-,24+,25+/m0/s1. The van der Waals surface area contributed by atoms with Crippen LogP contribution in [0, 0.1) is 40.4 Å². The van der Waals surface area contributed by atoms with Gasteiger partial charge < -0.3 is 9.47 Å². The van der Waals surface area contributed by atoms with Crippen LogP contribution in [0.2, 0.25) is 0 Å². The molecular weight excluding hydrogens is 364 g/mol. The lowest BCUT2D eigenvalue weighted by atomic mass is 9.44. The average Bonchev–Trinajstić information content (AvgIpc) is 3.02. The summed E-state index contributed by atoms with van der Waals surface area (Å²) in [6, 6.07) is 0. The van der Waals surface area contributed by atoms with E-state index < -0.39 is 0 Å². The van der Waals surface area contributed by atoms with Crippen molar-refractivity contribution >= 4 is 11.9 Å². The van der Waals surface area contributed by atoms with E-state index in [1.54, 1.807) is 0 Å². The molecule has 0 amide bonds. The van der Waals surface area contributed by atoms with Gasteiger partial charge in [-0.2, -0.15) is 0 Å². The Morgan fingerprint density at radius 2 is 1.79 bits per heavy atom. The molecule has 0 radical (unpaired) electrons. The highest BCUT2D eigenvalue weighted by Gasteiger charge is 2.61. The van der Waals surface area contributed by atoms with Gasteiger partial charge in [-0.3, -0.25) is 9.59 Å². The van der Waals surface area contributed by atoms with Gasteiger partial charge in [0.25, 0.3) is 0 Å². The monoisotopic (exact) mass is 402 g/mol. The van der Waals surface area contributed by atoms with Crippen molar-refractivity contribution in [3.8, 4) is 0 Å². The average molecular weight is 403 g/mol. The number of carbonyl (C=O) groups is 2. The molecular formula is C25H38O4. The molecule has 4 heteroatoms. The molecule has 29 heavy (non-hydrogen) atoms. The zero-order chi connectivity index (χ0) is 20.8. The second-order valence-electron chi connectivity index (χ2n) is 10.6. The Hall–Kier alpha value is -1.32. The maximum atomic E-state index is 11.7. The van der Waals surface area contributed by atoms with Gasteiger partial charge in [0.05, 0.1) is 6.61 Å². The van der Waals surface area contributed by atoms with Crippen LogP contribution in [0.3, 0.4) is 0 Å². The first-order valence-electron chi connectivity index (χ1n) is 11.7. The van der Waals surface area contributed by atoms with Gasteiger partial charge in [-0.1, -0.05) is 13.0 Å². The Morgan fingerprint density at radius 1 is 1.00 bits per heavy atom. The summed E-state index contributed by atoms with van der Waals surface area (Å²) < 4.78 is 11.3. The van der Waals surface area contributed by atoms with Crippen LogP contribution >= 0.6 is 0 Å². The Balaban J connectivity index is 1.61. The quantitative estimate of drug-likeness (QED) is 0.472. The summed E-state index contributed by atoms with van der Waals surface area (Å²) >= 11 is 0. The van der Waals surface area contributed by atoms with Crippen molar-refractivity contribution in [2.24, 2.45) is 40.4 Å². The smallest absolute Gasteiger partial charge is 0.302 e. The van der Waals surface area contributed by atoms with Crippen LogP contribution in [0.25, 0.3) is 0 Å². The van der Waals surface area contributed by atoms with E-state index in [9.17, 15) is 9.59 Å². The van der Waals surface area contributed by atoms with Gasteiger partial charge in [0, 0.05) is 19.3 Å². The number of rotatable bonds is 4. The third-order valence-electron chi connectivity index (χ3n) is 9.55. The van der Waals surface area contributed by atoms with Crippen molar-refractivity contribution in [2.75, 3.05) is 6.61 Å². The van der Waals surface area contributed by atoms with Crippen molar-refractivity contribution in [1.82, 2.24) is 0 Å². The van der Waals surface area contributed by atoms with E-state index in [1.807, 2.05) is 0 Å². The van der Waals surface area contributed by atoms with Crippen LogP contribution in [0.15, 0.2) is 12.7 Å². The van der Waals surface area contributed by atoms with E-state index in [0.29, 0.717) is 29.8 Å². The molecule has 4 fully saturated rings. The van der Waals surface area contributed by atoms with Gasteiger partial charge >= 0.3 is 11.9 Å². The van der Waals surface area contributed by atoms with Crippen LogP contribution in [0.1, 0.15) is 78.6 Å². The fraction of sp³-hybridized carbons (Fsp3) is 0.840. The first-order chi connectivity index (χ1) is 13.8. The fourth-order valence-corrected chi connectivity index (χ4v) is 8.30. The molecule has 0 saturated heterocycles. The van der Waals surface area contributed by atoms with Gasteiger partial charge in [-0.25, -0.2) is 0 Å². The largest absolute Gasteiger partial charge is 0.465 e. The summed E-state index contributed by atoms with van der Waals surface area (Å²) in [5.41, 5.74) is 0.464. The molecule has 4 saturated carbocycles. The molecule has 0 unspecified atom stereocenters. The topological polar surface area (TPSA) is 52.6 Å². The highest BCUT2D eigenvalue weighted by atomic mass is 16.5. The first kappa shape index (κ1) is 20.9. The van der Waals surface area contributed by atoms with E-state index in [0.717, 1.165) is 31.1 Å². The summed E-state index contributed by atoms with van der Waals surface area (Å²) in [5, 5.41) is 0. The molecule has 0 aromatic carbocycles. The number of carbonyl (C=O) groups excluding carboxylic acids is 2. The van der Waals surface area contributed by atoms with Gasteiger partial charge in [0.1, 0.15) is 6.10 Å². The third kappa shape index (κ3) is 3.45. The molecule has 0 aromatic rings. The van der Waals surface area contributed by atoms with Crippen molar-refractivity contribution in [2.45, 2.75) is 84.7 Å². The lowest BCUT2D eigenvalue weighted by Gasteiger charge is -2.61. The van der Waals surface area contributed by atoms with E-state index in [2.05, 4.69) is 19.6 Å². The first-order valence-corrected chi connectivity index (χ1v) is 11.7. The van der Waals surface area contributed by atoms with Crippen LogP contribution in [-0.2, 0) is 19.1 Å². The molecule has 4 rings (SSSR count). The summed E-state index contributed by atoms with van der Waals surface area (Å²) in [6.07, 6.45) is 12.6. The van der Waals surface area contributed by atoms with Crippen molar-refractivity contribution < 1.29 is 19.1 Å². The highest BCUT2D eigenvalue weighted by molar-refractivity contribution is 5.66. The Bertz CT molecular complexity index is 672. The Kier molecular flexibility index (Phi) is 5.59. The molecule has 0 bridgehead atoms. The number of allylic oxidation sites excluding steroid dienone is 1. The molecule has 0 spiro atoms. The zero-order valence-electron chi connectivity index (χ0n) is 18.5. The number of ether oxygens (including phenoxy) is 2. The number of hydrogen-bond donors (Lipinski definition) is 0. The lowest BCUT2D eigenvalue weighted by molar-refractivity contribution is -0.180. The minimum absolute atomic E-state index is 0.0324. The maximum Gasteiger partial charge on any atom is 0.302 e. The molecule has 8 atom stereocenters. The predicted octanol–water partition coefficient (Wildman–Crippen LogP) is 5.31. The molecule has 0 N–H and O–H groups in total. The normalized spacial score (nSPS) is 46.0. The maximum absolute atomic E-state index is 11.7. The fourth-order valence-electron chi connectivity index (χ4n) is 8.30. The minimum Gasteiger partial charge on any atom is -0.465 e. The van der Waals surface area contributed by atoms with E-state index in [-0.39, 0.29) is 23.5 Å². The van der Waals surface area contributed by atoms with E-state index in [4.69, 9.17) is 9.47 Å². The Labute approximate surface area is 175 Å². The third-order valence-corrected chi connectivity index (χ3v) is 9.55. The second kappa shape index (κ2) is 7.74. The Morgan fingerprint density at radius 3 is 2.48 bits per heavy atom. The highest BCUT2D eigenvalue weighted by Crippen LogP contribution is 2.67. The summed E-state index contributed by atoms with van der Waals surface area (Å²) in [4.78, 5) is 23.3. The molecule has 0 heterocycles. The summed E-state index contributed by atoms with van der Waals surface area (Å²) in [5.74, 6) is 2.92. The molecule has 4 aliphatic carbocycles. The lowest BCUT2D eigenvalue weighted by Crippen LogP contribution is -2.57. The second-order valence-corrected chi connectivity index (χ2v) is 10.6. The van der Waals surface area contributed by atoms with Crippen LogP contribution in [-0.4, -0.2) is 24.6 Å². The number of esters is 2. The van der Waals surface area contributed by atoms with Crippen LogP contribution in [0.5, 0.6) is 0 Å². The predicted molar refractivity (Wildman–Crippen MR) is 112 cm³/mol. The van der Waals surface area contributed by atoms with Gasteiger partial charge in [-0.15, -0.1) is 6.58 Å². The van der Waals surface area contributed by atoms with E-state index in [1.165, 1.54) is 52.4 Å². The molecule has 4 nitrogen and oxygen atoms in total. The SMILES string of the molecule is C=C[C@H]1CC[C@H]2[C@@H]3CC[C@H]4C[C@@H](OC(C)=O)CC[C@]4(COC(C)=O)[C@H]3CC[C@]12C. The van der Waals surface area contributed by atoms with Gasteiger partial charge in [0.15, 0.2) is 0 Å². The van der Waals surface area contributed by atoms with Gasteiger partial charge in [0.2, 0.25) is 0 Å². The van der Waals surface area contributed by atoms with E-state index >= 15 is 0 Å². The molecule has 0 aromatic heterocycles. The molecule has 0 aliphatic heterocycles. The van der Waals surface area contributed by atoms with Crippen molar-refractivity contribution in [1.29, 1.82) is 0 Å². The molecule has 4 aliphatic rings. The van der Waals surface area contributed by atoms with Crippen LogP contribution in [0.4, 0.5) is 0 Å². The zero-order valence-corrected chi connectivity index (χ0v) is 18.5. The van der Waals surface area contributed by atoms with Crippen molar-refractivity contribution in [3.63, 3.8) is 0 Å². The summed E-state index contributed by atoms with van der Waals surface area (Å²) in [7, 11) is 0. The minimum atomic E-state index is -0.175. The van der Waals surface area contributed by atoms with Gasteiger partial charge in [-0.05, 0) is 92.8 Å². The number of fused-ring (bicyclic) bond motifs is 5. The summed E-state index contributed by atoms with van der Waals surface area (Å²) in [6.45, 7) is 10.2.